The van der Waals surface area contributed by atoms with Crippen LogP contribution in [0.15, 0.2) is 24.3 Å². The van der Waals surface area contributed by atoms with Crippen molar-refractivity contribution >= 4 is 5.91 Å². The minimum Gasteiger partial charge on any atom is -0.351 e. The molecule has 1 aliphatic heterocycles. The van der Waals surface area contributed by atoms with E-state index in [1.165, 1.54) is 6.07 Å². The van der Waals surface area contributed by atoms with Gasteiger partial charge in [-0.2, -0.15) is 0 Å². The lowest BCUT2D eigenvalue weighted by atomic mass is 10.1. The van der Waals surface area contributed by atoms with Crippen molar-refractivity contribution in [2.75, 3.05) is 19.6 Å². The van der Waals surface area contributed by atoms with Crippen molar-refractivity contribution in [3.8, 4) is 0 Å². The molecule has 4 nitrogen and oxygen atoms in total. The topological polar surface area (TPSA) is 58.4 Å². The smallest absolute Gasteiger partial charge is 0.234 e. The molecule has 1 aromatic rings. The number of nitrogens with two attached hydrogens (primary N) is 1. The van der Waals surface area contributed by atoms with Crippen molar-refractivity contribution in [2.24, 2.45) is 11.7 Å². The van der Waals surface area contributed by atoms with Crippen molar-refractivity contribution in [3.63, 3.8) is 0 Å². The zero-order valence-corrected chi connectivity index (χ0v) is 11.1. The fourth-order valence-corrected chi connectivity index (χ4v) is 2.32. The first-order chi connectivity index (χ1) is 9.06. The third kappa shape index (κ3) is 3.75. The first-order valence-electron chi connectivity index (χ1n) is 6.54. The van der Waals surface area contributed by atoms with Gasteiger partial charge < -0.3 is 11.1 Å². The Morgan fingerprint density at radius 3 is 2.84 bits per heavy atom. The van der Waals surface area contributed by atoms with E-state index in [0.717, 1.165) is 13.1 Å². The molecule has 0 aliphatic carbocycles. The Bertz CT molecular complexity index is 442. The van der Waals surface area contributed by atoms with Gasteiger partial charge in [-0.3, -0.25) is 9.69 Å². The Labute approximate surface area is 112 Å². The van der Waals surface area contributed by atoms with Crippen LogP contribution >= 0.6 is 0 Å². The standard InChI is InChI=1S/C14H20FN3O/c1-10-7-18(8-13(10)16)9-14(19)17-6-11-4-2-3-5-12(11)15/h2-5,10,13H,6-9,16H2,1H3,(H,17,19). The average molecular weight is 265 g/mol. The Balaban J connectivity index is 1.78. The van der Waals surface area contributed by atoms with Crippen LogP contribution < -0.4 is 11.1 Å². The Morgan fingerprint density at radius 2 is 2.21 bits per heavy atom. The van der Waals surface area contributed by atoms with Crippen LogP contribution in [-0.2, 0) is 11.3 Å². The molecule has 2 rings (SSSR count). The number of hydrogen-bond acceptors (Lipinski definition) is 3. The van der Waals surface area contributed by atoms with Gasteiger partial charge in [0, 0.05) is 31.2 Å². The van der Waals surface area contributed by atoms with E-state index in [-0.39, 0.29) is 24.3 Å². The van der Waals surface area contributed by atoms with Crippen molar-refractivity contribution in [1.82, 2.24) is 10.2 Å². The highest BCUT2D eigenvalue weighted by molar-refractivity contribution is 5.78. The number of carbonyl (C=O) groups is 1. The van der Waals surface area contributed by atoms with Crippen molar-refractivity contribution in [3.05, 3.63) is 35.6 Å². The maximum absolute atomic E-state index is 13.4. The lowest BCUT2D eigenvalue weighted by Gasteiger charge is -2.14. The largest absolute Gasteiger partial charge is 0.351 e. The molecule has 0 spiro atoms. The zero-order valence-electron chi connectivity index (χ0n) is 11.1. The number of halogens is 1. The quantitative estimate of drug-likeness (QED) is 0.843. The number of hydrogen-bond donors (Lipinski definition) is 2. The van der Waals surface area contributed by atoms with Crippen LogP contribution in [0, 0.1) is 11.7 Å². The minimum atomic E-state index is -0.292. The predicted molar refractivity (Wildman–Crippen MR) is 71.8 cm³/mol. The molecule has 2 atom stereocenters. The highest BCUT2D eigenvalue weighted by Gasteiger charge is 2.27. The molecular weight excluding hydrogens is 245 g/mol. The van der Waals surface area contributed by atoms with Gasteiger partial charge in [0.15, 0.2) is 0 Å². The summed E-state index contributed by atoms with van der Waals surface area (Å²) in [6.07, 6.45) is 0. The molecule has 2 unspecified atom stereocenters. The van der Waals surface area contributed by atoms with Crippen LogP contribution in [0.25, 0.3) is 0 Å². The number of nitrogens with one attached hydrogen (secondary N) is 1. The molecule has 1 saturated heterocycles. The predicted octanol–water partition coefficient (Wildman–Crippen LogP) is 0.721. The molecule has 1 aliphatic rings. The number of benzene rings is 1. The number of nitrogens with zero attached hydrogens (tertiary/aromatic N) is 1. The summed E-state index contributed by atoms with van der Waals surface area (Å²) < 4.78 is 13.4. The molecule has 1 amide bonds. The summed E-state index contributed by atoms with van der Waals surface area (Å²) in [5.41, 5.74) is 6.41. The lowest BCUT2D eigenvalue weighted by Crippen LogP contribution is -2.37. The third-order valence-corrected chi connectivity index (χ3v) is 3.55. The van der Waals surface area contributed by atoms with Crippen LogP contribution in [0.4, 0.5) is 4.39 Å². The van der Waals surface area contributed by atoms with Gasteiger partial charge in [-0.15, -0.1) is 0 Å². The molecule has 1 fully saturated rings. The molecule has 5 heteroatoms. The number of rotatable bonds is 4. The normalized spacial score (nSPS) is 23.5. The van der Waals surface area contributed by atoms with Gasteiger partial charge >= 0.3 is 0 Å². The molecule has 0 aromatic heterocycles. The lowest BCUT2D eigenvalue weighted by molar-refractivity contribution is -0.122. The Kier molecular flexibility index (Phi) is 4.50. The Hall–Kier alpha value is -1.46. The second-order valence-corrected chi connectivity index (χ2v) is 5.20. The molecule has 0 bridgehead atoms. The maximum Gasteiger partial charge on any atom is 0.234 e. The van der Waals surface area contributed by atoms with E-state index < -0.39 is 0 Å². The van der Waals surface area contributed by atoms with Crippen LogP contribution in [-0.4, -0.2) is 36.5 Å². The minimum absolute atomic E-state index is 0.0930. The van der Waals surface area contributed by atoms with Gasteiger partial charge in [-0.25, -0.2) is 4.39 Å². The van der Waals surface area contributed by atoms with Crippen LogP contribution in [0.2, 0.25) is 0 Å². The highest BCUT2D eigenvalue weighted by atomic mass is 19.1. The van der Waals surface area contributed by atoms with Gasteiger partial charge in [-0.1, -0.05) is 25.1 Å². The van der Waals surface area contributed by atoms with E-state index in [2.05, 4.69) is 12.2 Å². The molecule has 104 valence electrons. The molecule has 1 aromatic carbocycles. The van der Waals surface area contributed by atoms with Gasteiger partial charge in [0.2, 0.25) is 5.91 Å². The fourth-order valence-electron chi connectivity index (χ4n) is 2.32. The summed E-state index contributed by atoms with van der Waals surface area (Å²) in [4.78, 5) is 13.8. The van der Waals surface area contributed by atoms with Gasteiger partial charge in [0.25, 0.3) is 0 Å². The molecule has 1 heterocycles. The van der Waals surface area contributed by atoms with Crippen molar-refractivity contribution < 1.29 is 9.18 Å². The molecule has 3 N–H and O–H groups in total. The molecular formula is C14H20FN3O. The van der Waals surface area contributed by atoms with Gasteiger partial charge in [0.05, 0.1) is 6.54 Å². The van der Waals surface area contributed by atoms with Crippen molar-refractivity contribution in [2.45, 2.75) is 19.5 Å². The van der Waals surface area contributed by atoms with E-state index >= 15 is 0 Å². The van der Waals surface area contributed by atoms with E-state index in [0.29, 0.717) is 18.0 Å². The number of likely N-dealkylation sites (tertiary alicyclic amines) is 1. The second-order valence-electron chi connectivity index (χ2n) is 5.20. The van der Waals surface area contributed by atoms with E-state index in [1.54, 1.807) is 18.2 Å². The van der Waals surface area contributed by atoms with Crippen LogP contribution in [0.3, 0.4) is 0 Å². The summed E-state index contributed by atoms with van der Waals surface area (Å²) in [5, 5.41) is 2.73. The molecule has 0 radical (unpaired) electrons. The first kappa shape index (κ1) is 14.0. The fraction of sp³-hybridized carbons (Fsp3) is 0.500. The maximum atomic E-state index is 13.4. The third-order valence-electron chi connectivity index (χ3n) is 3.55. The van der Waals surface area contributed by atoms with Gasteiger partial charge in [0.1, 0.15) is 5.82 Å². The molecule has 0 saturated carbocycles. The van der Waals surface area contributed by atoms with E-state index in [1.807, 2.05) is 4.90 Å². The number of amides is 1. The monoisotopic (exact) mass is 265 g/mol. The summed E-state index contributed by atoms with van der Waals surface area (Å²) in [7, 11) is 0. The second kappa shape index (κ2) is 6.12. The van der Waals surface area contributed by atoms with E-state index in [4.69, 9.17) is 5.73 Å². The highest BCUT2D eigenvalue weighted by Crippen LogP contribution is 2.13. The van der Waals surface area contributed by atoms with Crippen molar-refractivity contribution in [1.29, 1.82) is 0 Å². The summed E-state index contributed by atoms with van der Waals surface area (Å²) in [5.74, 6) is 0.0311. The zero-order chi connectivity index (χ0) is 13.8. The summed E-state index contributed by atoms with van der Waals surface area (Å²) >= 11 is 0. The average Bonchev–Trinajstić information content (AvgIpc) is 2.67. The SMILES string of the molecule is CC1CN(CC(=O)NCc2ccccc2F)CC1N. The number of carbonyl (C=O) groups excluding carboxylic acids is 1. The Morgan fingerprint density at radius 1 is 1.47 bits per heavy atom. The summed E-state index contributed by atoms with van der Waals surface area (Å²) in [6, 6.07) is 6.59. The summed E-state index contributed by atoms with van der Waals surface area (Å²) in [6.45, 7) is 4.22. The van der Waals surface area contributed by atoms with Gasteiger partial charge in [-0.05, 0) is 12.0 Å². The van der Waals surface area contributed by atoms with Crippen LogP contribution in [0.1, 0.15) is 12.5 Å². The first-order valence-corrected chi connectivity index (χ1v) is 6.54. The van der Waals surface area contributed by atoms with Crippen LogP contribution in [0.5, 0.6) is 0 Å². The molecule has 19 heavy (non-hydrogen) atoms. The van der Waals surface area contributed by atoms with E-state index in [9.17, 15) is 9.18 Å².